The number of rotatable bonds is 3. The molecule has 0 bridgehead atoms. The van der Waals surface area contributed by atoms with Crippen LogP contribution in [0.1, 0.15) is 27.6 Å². The molecule has 0 unspecified atom stereocenters. The summed E-state index contributed by atoms with van der Waals surface area (Å²) in [5, 5.41) is 0. The van der Waals surface area contributed by atoms with Gasteiger partial charge in [0.25, 0.3) is 0 Å². The Morgan fingerprint density at radius 2 is 2.00 bits per heavy atom. The first-order chi connectivity index (χ1) is 8.13. The highest BCUT2D eigenvalue weighted by molar-refractivity contribution is 6.09. The van der Waals surface area contributed by atoms with Crippen molar-refractivity contribution in [1.82, 2.24) is 9.97 Å². The second-order valence-electron chi connectivity index (χ2n) is 3.57. The quantitative estimate of drug-likeness (QED) is 0.756. The minimum atomic E-state index is -0.246. The fraction of sp³-hybridized carbons (Fsp3) is 0.250. The lowest BCUT2D eigenvalue weighted by Gasteiger charge is -2.03. The molecule has 2 aromatic rings. The van der Waals surface area contributed by atoms with Crippen LogP contribution in [0.25, 0.3) is 0 Å². The van der Waals surface area contributed by atoms with Gasteiger partial charge in [0.05, 0.1) is 12.7 Å². The fourth-order valence-electron chi connectivity index (χ4n) is 1.61. The van der Waals surface area contributed by atoms with Gasteiger partial charge in [0.1, 0.15) is 11.5 Å². The first-order valence-electron chi connectivity index (χ1n) is 5.10. The Bertz CT molecular complexity index is 561. The lowest BCUT2D eigenvalue weighted by Crippen LogP contribution is -2.07. The van der Waals surface area contributed by atoms with E-state index in [4.69, 9.17) is 9.15 Å². The largest absolute Gasteiger partial charge is 0.479 e. The topological polar surface area (TPSA) is 65.2 Å². The molecule has 0 radical (unpaired) electrons. The molecule has 5 heteroatoms. The maximum absolute atomic E-state index is 12.2. The van der Waals surface area contributed by atoms with Gasteiger partial charge in [-0.25, -0.2) is 9.97 Å². The monoisotopic (exact) mass is 232 g/mol. The minimum absolute atomic E-state index is 0.193. The summed E-state index contributed by atoms with van der Waals surface area (Å²) in [5.41, 5.74) is 0.681. The van der Waals surface area contributed by atoms with Crippen molar-refractivity contribution in [2.75, 3.05) is 7.11 Å². The van der Waals surface area contributed by atoms with Crippen molar-refractivity contribution >= 4 is 5.78 Å². The van der Waals surface area contributed by atoms with E-state index in [0.717, 1.165) is 0 Å². The van der Waals surface area contributed by atoms with Crippen LogP contribution >= 0.6 is 0 Å². The van der Waals surface area contributed by atoms with Crippen LogP contribution in [0.3, 0.4) is 0 Å². The molecule has 17 heavy (non-hydrogen) atoms. The Labute approximate surface area is 98.5 Å². The predicted molar refractivity (Wildman–Crippen MR) is 60.2 cm³/mol. The van der Waals surface area contributed by atoms with E-state index in [-0.39, 0.29) is 17.4 Å². The number of methoxy groups -OCH3 is 1. The highest BCUT2D eigenvalue weighted by atomic mass is 16.5. The van der Waals surface area contributed by atoms with Gasteiger partial charge in [-0.05, 0) is 19.9 Å². The van der Waals surface area contributed by atoms with E-state index in [2.05, 4.69) is 9.97 Å². The molecule has 0 saturated carbocycles. The molecule has 0 aromatic carbocycles. The molecular weight excluding hydrogens is 220 g/mol. The van der Waals surface area contributed by atoms with Crippen molar-refractivity contribution in [3.63, 3.8) is 0 Å². The second kappa shape index (κ2) is 4.37. The van der Waals surface area contributed by atoms with Crippen molar-refractivity contribution in [3.8, 4) is 5.88 Å². The molecule has 0 amide bonds. The van der Waals surface area contributed by atoms with E-state index in [1.165, 1.54) is 19.5 Å². The van der Waals surface area contributed by atoms with E-state index in [9.17, 15) is 4.79 Å². The van der Waals surface area contributed by atoms with E-state index in [1.807, 2.05) is 0 Å². The Morgan fingerprint density at radius 1 is 1.29 bits per heavy atom. The highest BCUT2D eigenvalue weighted by Crippen LogP contribution is 2.20. The van der Waals surface area contributed by atoms with Crippen LogP contribution in [0, 0.1) is 13.8 Å². The van der Waals surface area contributed by atoms with Crippen molar-refractivity contribution in [1.29, 1.82) is 0 Å². The summed E-state index contributed by atoms with van der Waals surface area (Å²) in [5.74, 6) is 1.23. The first-order valence-corrected chi connectivity index (χ1v) is 5.10. The number of nitrogens with zero attached hydrogens (tertiary/aromatic N) is 2. The minimum Gasteiger partial charge on any atom is -0.479 e. The van der Waals surface area contributed by atoms with E-state index in [0.29, 0.717) is 17.1 Å². The smallest absolute Gasteiger partial charge is 0.243 e. The normalized spacial score (nSPS) is 10.3. The zero-order chi connectivity index (χ0) is 12.4. The third-order valence-electron chi connectivity index (χ3n) is 2.36. The molecule has 5 nitrogen and oxygen atoms in total. The maximum Gasteiger partial charge on any atom is 0.243 e. The summed E-state index contributed by atoms with van der Waals surface area (Å²) in [4.78, 5) is 20.2. The zero-order valence-corrected chi connectivity index (χ0v) is 9.85. The predicted octanol–water partition coefficient (Wildman–Crippen LogP) is 1.93. The van der Waals surface area contributed by atoms with Gasteiger partial charge in [-0.15, -0.1) is 0 Å². The Balaban J connectivity index is 2.47. The Morgan fingerprint density at radius 3 is 2.59 bits per heavy atom. The molecule has 0 fully saturated rings. The van der Waals surface area contributed by atoms with Crippen LogP contribution in [-0.2, 0) is 0 Å². The average Bonchev–Trinajstić information content (AvgIpc) is 2.67. The van der Waals surface area contributed by atoms with Gasteiger partial charge in [0.15, 0.2) is 5.69 Å². The number of aryl methyl sites for hydroxylation is 2. The Hall–Kier alpha value is -2.17. The summed E-state index contributed by atoms with van der Waals surface area (Å²) < 4.78 is 10.3. The lowest BCUT2D eigenvalue weighted by atomic mass is 10.1. The van der Waals surface area contributed by atoms with Crippen molar-refractivity contribution < 1.29 is 13.9 Å². The van der Waals surface area contributed by atoms with Crippen molar-refractivity contribution in [3.05, 3.63) is 41.2 Å². The number of hydrogen-bond donors (Lipinski definition) is 0. The third-order valence-corrected chi connectivity index (χ3v) is 2.36. The summed E-state index contributed by atoms with van der Waals surface area (Å²) in [6.45, 7) is 3.53. The SMILES string of the molecule is COc1nccnc1C(=O)c1cc(C)oc1C. The number of aromatic nitrogens is 2. The standard InChI is InChI=1S/C12H12N2O3/c1-7-6-9(8(2)17-7)11(15)10-12(16-3)14-5-4-13-10/h4-6H,1-3H3. The molecule has 2 aromatic heterocycles. The van der Waals surface area contributed by atoms with Gasteiger partial charge in [0.2, 0.25) is 11.7 Å². The van der Waals surface area contributed by atoms with Crippen LogP contribution in [0.5, 0.6) is 5.88 Å². The summed E-state index contributed by atoms with van der Waals surface area (Å²) in [6, 6.07) is 1.69. The second-order valence-corrected chi connectivity index (χ2v) is 3.57. The molecule has 0 aliphatic rings. The van der Waals surface area contributed by atoms with Crippen molar-refractivity contribution in [2.24, 2.45) is 0 Å². The molecule has 0 aliphatic heterocycles. The van der Waals surface area contributed by atoms with Crippen LogP contribution in [0.2, 0.25) is 0 Å². The van der Waals surface area contributed by atoms with Gasteiger partial charge in [-0.2, -0.15) is 0 Å². The van der Waals surface area contributed by atoms with Crippen molar-refractivity contribution in [2.45, 2.75) is 13.8 Å². The van der Waals surface area contributed by atoms with E-state index < -0.39 is 0 Å². The van der Waals surface area contributed by atoms with Crippen LogP contribution < -0.4 is 4.74 Å². The van der Waals surface area contributed by atoms with Gasteiger partial charge in [-0.3, -0.25) is 4.79 Å². The third kappa shape index (κ3) is 2.04. The van der Waals surface area contributed by atoms with Crippen LogP contribution in [-0.4, -0.2) is 22.9 Å². The Kier molecular flexibility index (Phi) is 2.91. The van der Waals surface area contributed by atoms with Gasteiger partial charge in [0, 0.05) is 12.4 Å². The number of hydrogen-bond acceptors (Lipinski definition) is 5. The van der Waals surface area contributed by atoms with Crippen LogP contribution in [0.4, 0.5) is 0 Å². The molecule has 88 valence electrons. The molecule has 0 atom stereocenters. The van der Waals surface area contributed by atoms with Gasteiger partial charge in [-0.1, -0.05) is 0 Å². The zero-order valence-electron chi connectivity index (χ0n) is 9.85. The molecule has 0 aliphatic carbocycles. The number of furan rings is 1. The number of carbonyl (C=O) groups is 1. The molecular formula is C12H12N2O3. The molecule has 0 saturated heterocycles. The fourth-order valence-corrected chi connectivity index (χ4v) is 1.61. The maximum atomic E-state index is 12.2. The summed E-state index contributed by atoms with van der Waals surface area (Å²) >= 11 is 0. The molecule has 0 spiro atoms. The summed E-state index contributed by atoms with van der Waals surface area (Å²) in [6.07, 6.45) is 2.93. The number of ketones is 1. The van der Waals surface area contributed by atoms with Crippen LogP contribution in [0.15, 0.2) is 22.9 Å². The average molecular weight is 232 g/mol. The highest BCUT2D eigenvalue weighted by Gasteiger charge is 2.21. The lowest BCUT2D eigenvalue weighted by molar-refractivity contribution is 0.102. The van der Waals surface area contributed by atoms with E-state index in [1.54, 1.807) is 19.9 Å². The first kappa shape index (κ1) is 11.3. The van der Waals surface area contributed by atoms with Gasteiger partial charge < -0.3 is 9.15 Å². The molecule has 2 rings (SSSR count). The van der Waals surface area contributed by atoms with E-state index >= 15 is 0 Å². The molecule has 0 N–H and O–H groups in total. The summed E-state index contributed by atoms with van der Waals surface area (Å²) in [7, 11) is 1.45. The number of ether oxygens (including phenoxy) is 1. The number of carbonyl (C=O) groups excluding carboxylic acids is 1. The van der Waals surface area contributed by atoms with Gasteiger partial charge >= 0.3 is 0 Å². The molecule has 2 heterocycles.